The van der Waals surface area contributed by atoms with Crippen molar-refractivity contribution in [1.29, 1.82) is 0 Å². The third-order valence-electron chi connectivity index (χ3n) is 6.96. The molecule has 28 heavy (non-hydrogen) atoms. The molecular weight excluding hydrogens is 380 g/mol. The summed E-state index contributed by atoms with van der Waals surface area (Å²) in [5, 5.41) is 0. The molecule has 0 aromatic heterocycles. The van der Waals surface area contributed by atoms with Crippen molar-refractivity contribution >= 4 is 16.0 Å². The van der Waals surface area contributed by atoms with E-state index in [-0.39, 0.29) is 17.7 Å². The van der Waals surface area contributed by atoms with Gasteiger partial charge in [-0.3, -0.25) is 8.98 Å². The van der Waals surface area contributed by atoms with Crippen molar-refractivity contribution in [2.75, 3.05) is 13.3 Å². The molecule has 5 aliphatic rings. The van der Waals surface area contributed by atoms with E-state index in [1.54, 1.807) is 11.9 Å². The standard InChI is InChI=1S/C20H26N2O5S/c1-21-17(23)11-16(27-28(2,24)25)20(21)13-19-9-5-3-7-14(19)12-22-10-6-4-8-15(22)18(19)26-20/h6,10,12,16H,3-5,7-9,11,13H2,1-2H3. The summed E-state index contributed by atoms with van der Waals surface area (Å²) in [4.78, 5) is 16.3. The number of carbonyl (C=O) groups is 1. The Morgan fingerprint density at radius 1 is 1.29 bits per heavy atom. The second kappa shape index (κ2) is 5.86. The number of carbonyl (C=O) groups excluding carboxylic acids is 1. The van der Waals surface area contributed by atoms with E-state index in [2.05, 4.69) is 23.4 Å². The van der Waals surface area contributed by atoms with Gasteiger partial charge in [0, 0.05) is 25.9 Å². The van der Waals surface area contributed by atoms with E-state index in [9.17, 15) is 13.2 Å². The Balaban J connectivity index is 1.65. The number of hydrogen-bond donors (Lipinski definition) is 0. The lowest BCUT2D eigenvalue weighted by Gasteiger charge is -2.42. The number of ether oxygens (including phenoxy) is 1. The molecule has 0 bridgehead atoms. The van der Waals surface area contributed by atoms with E-state index < -0.39 is 21.9 Å². The van der Waals surface area contributed by atoms with Crippen LogP contribution in [0.2, 0.25) is 0 Å². The molecule has 0 aromatic rings. The molecule has 8 heteroatoms. The summed E-state index contributed by atoms with van der Waals surface area (Å²) in [6.07, 6.45) is 13.3. The van der Waals surface area contributed by atoms with Gasteiger partial charge in [-0.2, -0.15) is 8.42 Å². The van der Waals surface area contributed by atoms with Gasteiger partial charge in [0.15, 0.2) is 0 Å². The molecule has 3 unspecified atom stereocenters. The summed E-state index contributed by atoms with van der Waals surface area (Å²) < 4.78 is 35.9. The van der Waals surface area contributed by atoms with Gasteiger partial charge in [-0.15, -0.1) is 0 Å². The molecule has 1 aliphatic carbocycles. The van der Waals surface area contributed by atoms with Crippen molar-refractivity contribution in [1.82, 2.24) is 9.80 Å². The Morgan fingerprint density at radius 2 is 2.11 bits per heavy atom. The Labute approximate surface area is 165 Å². The summed E-state index contributed by atoms with van der Waals surface area (Å²) in [6.45, 7) is 0. The van der Waals surface area contributed by atoms with Gasteiger partial charge in [-0.25, -0.2) is 0 Å². The topological polar surface area (TPSA) is 76.2 Å². The van der Waals surface area contributed by atoms with Gasteiger partial charge in [-0.05, 0) is 37.7 Å². The zero-order chi connectivity index (χ0) is 19.7. The van der Waals surface area contributed by atoms with Crippen LogP contribution in [-0.2, 0) is 23.8 Å². The molecule has 4 aliphatic heterocycles. The summed E-state index contributed by atoms with van der Waals surface area (Å²) in [5.74, 6) is 0.786. The van der Waals surface area contributed by atoms with Crippen molar-refractivity contribution in [2.24, 2.45) is 5.41 Å². The van der Waals surface area contributed by atoms with E-state index >= 15 is 0 Å². The molecule has 0 N–H and O–H groups in total. The summed E-state index contributed by atoms with van der Waals surface area (Å²) in [7, 11) is -2.01. The van der Waals surface area contributed by atoms with Crippen molar-refractivity contribution in [3.05, 3.63) is 35.5 Å². The van der Waals surface area contributed by atoms with E-state index in [0.29, 0.717) is 6.42 Å². The van der Waals surface area contributed by atoms with E-state index in [1.807, 2.05) is 0 Å². The summed E-state index contributed by atoms with van der Waals surface area (Å²) >= 11 is 0. The smallest absolute Gasteiger partial charge is 0.264 e. The Kier molecular flexibility index (Phi) is 3.82. The lowest BCUT2D eigenvalue weighted by molar-refractivity contribution is -0.148. The highest BCUT2D eigenvalue weighted by atomic mass is 32.2. The molecule has 0 radical (unpaired) electrons. The normalized spacial score (nSPS) is 37.0. The molecule has 2 saturated heterocycles. The second-order valence-corrected chi connectivity index (χ2v) is 10.2. The maximum Gasteiger partial charge on any atom is 0.264 e. The van der Waals surface area contributed by atoms with Crippen molar-refractivity contribution < 1.29 is 22.1 Å². The molecule has 7 nitrogen and oxygen atoms in total. The lowest BCUT2D eigenvalue weighted by Crippen LogP contribution is -2.51. The molecule has 2 spiro atoms. The minimum Gasteiger partial charge on any atom is -0.467 e. The Hall–Kier alpha value is -1.80. The fourth-order valence-corrected chi connectivity index (χ4v) is 6.31. The zero-order valence-corrected chi connectivity index (χ0v) is 17.1. The van der Waals surface area contributed by atoms with Crippen LogP contribution in [0.3, 0.4) is 0 Å². The minimum absolute atomic E-state index is 0.0188. The summed E-state index contributed by atoms with van der Waals surface area (Å²) in [6, 6.07) is 0. The highest BCUT2D eigenvalue weighted by Crippen LogP contribution is 2.64. The number of nitrogens with zero attached hydrogens (tertiary/aromatic N) is 2. The molecule has 1 amide bonds. The van der Waals surface area contributed by atoms with Crippen LogP contribution in [0.4, 0.5) is 0 Å². The number of likely N-dealkylation sites (tertiary alicyclic amines) is 1. The predicted molar refractivity (Wildman–Crippen MR) is 102 cm³/mol. The first-order chi connectivity index (χ1) is 13.3. The van der Waals surface area contributed by atoms with Gasteiger partial charge < -0.3 is 14.5 Å². The third-order valence-corrected chi connectivity index (χ3v) is 7.54. The average Bonchev–Trinajstić information content (AvgIpc) is 3.09. The van der Waals surface area contributed by atoms with Crippen LogP contribution in [0.25, 0.3) is 0 Å². The fraction of sp³-hybridized carbons (Fsp3) is 0.650. The first-order valence-electron chi connectivity index (χ1n) is 9.99. The average molecular weight is 407 g/mol. The predicted octanol–water partition coefficient (Wildman–Crippen LogP) is 2.59. The molecule has 0 aromatic carbocycles. The van der Waals surface area contributed by atoms with Gasteiger partial charge in [0.2, 0.25) is 11.6 Å². The maximum atomic E-state index is 12.6. The van der Waals surface area contributed by atoms with Crippen LogP contribution in [0.15, 0.2) is 35.5 Å². The van der Waals surface area contributed by atoms with Crippen LogP contribution in [0, 0.1) is 5.41 Å². The van der Waals surface area contributed by atoms with Crippen LogP contribution >= 0.6 is 0 Å². The van der Waals surface area contributed by atoms with E-state index in [1.165, 1.54) is 5.57 Å². The van der Waals surface area contributed by atoms with E-state index in [0.717, 1.165) is 56.2 Å². The number of allylic oxidation sites excluding steroid dienone is 3. The number of amides is 1. The minimum atomic E-state index is -3.72. The van der Waals surface area contributed by atoms with Gasteiger partial charge in [0.05, 0.1) is 23.8 Å². The number of rotatable bonds is 2. The fourth-order valence-electron chi connectivity index (χ4n) is 5.67. The van der Waals surface area contributed by atoms with Gasteiger partial charge in [-0.1, -0.05) is 12.5 Å². The zero-order valence-electron chi connectivity index (χ0n) is 16.3. The highest BCUT2D eigenvalue weighted by Gasteiger charge is 2.67. The van der Waals surface area contributed by atoms with Crippen LogP contribution in [0.1, 0.15) is 51.4 Å². The largest absolute Gasteiger partial charge is 0.467 e. The first-order valence-corrected chi connectivity index (χ1v) is 11.8. The first kappa shape index (κ1) is 18.2. The number of fused-ring (bicyclic) bond motifs is 1. The van der Waals surface area contributed by atoms with E-state index in [4.69, 9.17) is 8.92 Å². The molecule has 3 fully saturated rings. The van der Waals surface area contributed by atoms with Crippen molar-refractivity contribution in [3.63, 3.8) is 0 Å². The third kappa shape index (κ3) is 2.43. The Morgan fingerprint density at radius 3 is 2.89 bits per heavy atom. The molecule has 152 valence electrons. The molecule has 4 heterocycles. The molecular formula is C20H26N2O5S. The monoisotopic (exact) mass is 406 g/mol. The van der Waals surface area contributed by atoms with Crippen LogP contribution in [0.5, 0.6) is 0 Å². The maximum absolute atomic E-state index is 12.6. The summed E-state index contributed by atoms with van der Waals surface area (Å²) in [5.41, 5.74) is 1.13. The SMILES string of the molecule is CN1C(=O)CC(OS(C)(=O)=O)C12CC13CCCCC1=CN1C=CCCC1=C3O2. The Bertz CT molecular complexity index is 936. The van der Waals surface area contributed by atoms with Gasteiger partial charge in [0.25, 0.3) is 10.1 Å². The number of hydrogen-bond acceptors (Lipinski definition) is 6. The molecule has 5 rings (SSSR count). The van der Waals surface area contributed by atoms with Crippen LogP contribution in [-0.4, -0.2) is 49.3 Å². The van der Waals surface area contributed by atoms with Crippen molar-refractivity contribution in [3.8, 4) is 0 Å². The van der Waals surface area contributed by atoms with Crippen LogP contribution < -0.4 is 0 Å². The van der Waals surface area contributed by atoms with Crippen molar-refractivity contribution in [2.45, 2.75) is 63.2 Å². The van der Waals surface area contributed by atoms with Gasteiger partial charge >= 0.3 is 0 Å². The second-order valence-electron chi connectivity index (χ2n) is 8.62. The molecule has 1 saturated carbocycles. The lowest BCUT2D eigenvalue weighted by atomic mass is 9.64. The quantitative estimate of drug-likeness (QED) is 0.656. The number of likely N-dealkylation sites (N-methyl/N-ethyl adjacent to an activating group) is 1. The highest BCUT2D eigenvalue weighted by molar-refractivity contribution is 7.86. The van der Waals surface area contributed by atoms with Gasteiger partial charge in [0.1, 0.15) is 11.9 Å². The molecule has 3 atom stereocenters.